The Morgan fingerprint density at radius 1 is 1.18 bits per heavy atom. The van der Waals surface area contributed by atoms with Crippen molar-refractivity contribution < 1.29 is 28.2 Å². The molecule has 5 heterocycles. The van der Waals surface area contributed by atoms with Crippen molar-refractivity contribution in [1.82, 2.24) is 14.5 Å². The van der Waals surface area contributed by atoms with Gasteiger partial charge in [0.25, 0.3) is 5.91 Å². The summed E-state index contributed by atoms with van der Waals surface area (Å²) in [5, 5.41) is 12.6. The highest BCUT2D eigenvalue weighted by Crippen LogP contribution is 2.47. The van der Waals surface area contributed by atoms with Crippen molar-refractivity contribution in [2.75, 3.05) is 38.4 Å². The molecule has 5 aliphatic rings. The number of pyridine rings is 1. The monoisotopic (exact) mass is 536 g/mol. The summed E-state index contributed by atoms with van der Waals surface area (Å²) in [6.45, 7) is 1.27. The molecule has 4 aliphatic heterocycles. The normalized spacial score (nSPS) is 25.5. The Hall–Kier alpha value is -3.96. The Morgan fingerprint density at radius 3 is 2.85 bits per heavy atom. The van der Waals surface area contributed by atoms with Crippen LogP contribution < -0.4 is 10.4 Å². The van der Waals surface area contributed by atoms with Crippen molar-refractivity contribution in [2.45, 2.75) is 31.3 Å². The van der Waals surface area contributed by atoms with Crippen molar-refractivity contribution in [3.63, 3.8) is 0 Å². The van der Waals surface area contributed by atoms with E-state index in [1.165, 1.54) is 16.9 Å². The minimum absolute atomic E-state index is 0.124. The molecule has 1 amide bonds. The van der Waals surface area contributed by atoms with Gasteiger partial charge in [-0.15, -0.1) is 0 Å². The van der Waals surface area contributed by atoms with Crippen LogP contribution in [0.2, 0.25) is 0 Å². The van der Waals surface area contributed by atoms with Gasteiger partial charge in [-0.1, -0.05) is 24.3 Å². The standard InChI is InChI=1S/C28H26F2N4O5/c1-38-21-13-31-12-18-15(6-7-19(29)23(18)30)25(17-5-3-2-4-16(21)24(17)31)34-22-14-39-11-10-32(22)28(37)26-27(36)20(35)8-9-33(26)34/h3-9,21-22,25,36H,2,10-14H2,1H3/t21?,22-,25+/m1/s1. The zero-order valence-electron chi connectivity index (χ0n) is 21.1. The zero-order valence-corrected chi connectivity index (χ0v) is 21.1. The first kappa shape index (κ1) is 24.1. The summed E-state index contributed by atoms with van der Waals surface area (Å²) in [6.07, 6.45) is 7.28. The summed E-state index contributed by atoms with van der Waals surface area (Å²) in [5.74, 6) is -3.03. The number of amides is 1. The average Bonchev–Trinajstić information content (AvgIpc) is 3.06. The highest BCUT2D eigenvalue weighted by atomic mass is 19.2. The van der Waals surface area contributed by atoms with Gasteiger partial charge in [0.15, 0.2) is 23.1 Å². The van der Waals surface area contributed by atoms with Gasteiger partial charge in [-0.2, -0.15) is 0 Å². The predicted octanol–water partition coefficient (Wildman–Crippen LogP) is 2.31. The Balaban J connectivity index is 1.56. The van der Waals surface area contributed by atoms with E-state index in [-0.39, 0.29) is 37.1 Å². The van der Waals surface area contributed by atoms with Crippen molar-refractivity contribution in [2.24, 2.45) is 0 Å². The lowest BCUT2D eigenvalue weighted by Gasteiger charge is -2.51. The molecule has 2 saturated heterocycles. The molecule has 0 bridgehead atoms. The molecular formula is C28H26F2N4O5. The minimum Gasteiger partial charge on any atom is -0.502 e. The Kier molecular flexibility index (Phi) is 5.43. The second-order valence-electron chi connectivity index (χ2n) is 10.2. The summed E-state index contributed by atoms with van der Waals surface area (Å²) in [4.78, 5) is 29.6. The molecule has 39 heavy (non-hydrogen) atoms. The number of rotatable bonds is 2. The van der Waals surface area contributed by atoms with Gasteiger partial charge in [0.1, 0.15) is 18.3 Å². The van der Waals surface area contributed by atoms with E-state index in [1.54, 1.807) is 18.1 Å². The topological polar surface area (TPSA) is 87.5 Å². The maximum Gasteiger partial charge on any atom is 0.278 e. The molecule has 3 atom stereocenters. The molecule has 0 saturated carbocycles. The molecule has 11 heteroatoms. The predicted molar refractivity (Wildman–Crippen MR) is 135 cm³/mol. The molecule has 2 fully saturated rings. The Labute approximate surface area is 222 Å². The van der Waals surface area contributed by atoms with E-state index in [2.05, 4.69) is 6.08 Å². The molecule has 1 aliphatic carbocycles. The lowest BCUT2D eigenvalue weighted by atomic mass is 9.91. The number of carbonyl (C=O) groups excluding carboxylic acids is 1. The van der Waals surface area contributed by atoms with Crippen LogP contribution >= 0.6 is 0 Å². The number of aromatic hydroxyl groups is 1. The number of methoxy groups -OCH3 is 1. The molecule has 1 aromatic heterocycles. The van der Waals surface area contributed by atoms with Crippen LogP contribution in [0.4, 0.5) is 8.78 Å². The molecule has 1 aromatic carbocycles. The van der Waals surface area contributed by atoms with E-state index >= 15 is 4.39 Å². The first-order valence-corrected chi connectivity index (χ1v) is 12.9. The number of aromatic nitrogens is 1. The van der Waals surface area contributed by atoms with Gasteiger partial charge in [-0.3, -0.25) is 19.3 Å². The van der Waals surface area contributed by atoms with Gasteiger partial charge in [0.2, 0.25) is 5.43 Å². The van der Waals surface area contributed by atoms with Gasteiger partial charge in [-0.25, -0.2) is 8.78 Å². The van der Waals surface area contributed by atoms with Crippen molar-refractivity contribution in [3.05, 3.63) is 98.1 Å². The van der Waals surface area contributed by atoms with Gasteiger partial charge in [-0.05, 0) is 18.1 Å². The highest BCUT2D eigenvalue weighted by molar-refractivity contribution is 5.96. The fraction of sp³-hybridized carbons (Fsp3) is 0.357. The van der Waals surface area contributed by atoms with Crippen LogP contribution in [-0.2, 0) is 16.0 Å². The number of morpholine rings is 1. The average molecular weight is 537 g/mol. The van der Waals surface area contributed by atoms with Crippen LogP contribution in [0.3, 0.4) is 0 Å². The van der Waals surface area contributed by atoms with Gasteiger partial charge in [0, 0.05) is 61.4 Å². The number of benzene rings is 1. The van der Waals surface area contributed by atoms with E-state index < -0.39 is 40.9 Å². The van der Waals surface area contributed by atoms with E-state index in [9.17, 15) is 19.1 Å². The lowest BCUT2D eigenvalue weighted by Crippen LogP contribution is -2.66. The highest BCUT2D eigenvalue weighted by Gasteiger charge is 2.48. The fourth-order valence-electron chi connectivity index (χ4n) is 6.54. The summed E-state index contributed by atoms with van der Waals surface area (Å²) < 4.78 is 43.3. The molecule has 7 rings (SSSR count). The smallest absolute Gasteiger partial charge is 0.278 e. The van der Waals surface area contributed by atoms with E-state index in [0.29, 0.717) is 25.1 Å². The number of fused-ring (bicyclic) bond motifs is 3. The molecule has 1 N–H and O–H groups in total. The first-order valence-electron chi connectivity index (χ1n) is 12.9. The Bertz CT molecular complexity index is 1560. The van der Waals surface area contributed by atoms with E-state index in [0.717, 1.165) is 22.9 Å². The quantitative estimate of drug-likeness (QED) is 0.631. The third-order valence-corrected chi connectivity index (χ3v) is 8.26. The maximum atomic E-state index is 15.6. The summed E-state index contributed by atoms with van der Waals surface area (Å²) in [5.41, 5.74) is 2.51. The van der Waals surface area contributed by atoms with Crippen LogP contribution in [0.15, 0.2) is 64.3 Å². The molecule has 1 unspecified atom stereocenters. The van der Waals surface area contributed by atoms with E-state index in [4.69, 9.17) is 9.47 Å². The van der Waals surface area contributed by atoms with Gasteiger partial charge >= 0.3 is 0 Å². The lowest BCUT2D eigenvalue weighted by molar-refractivity contribution is -0.0197. The summed E-state index contributed by atoms with van der Waals surface area (Å²) in [7, 11) is 1.63. The zero-order chi connectivity index (χ0) is 27.0. The third-order valence-electron chi connectivity index (χ3n) is 8.26. The molecule has 0 spiro atoms. The number of ether oxygens (including phenoxy) is 2. The molecule has 2 aromatic rings. The van der Waals surface area contributed by atoms with Crippen LogP contribution in [0.5, 0.6) is 5.75 Å². The number of nitrogens with zero attached hydrogens (tertiary/aromatic N) is 4. The SMILES string of the molecule is COC1CN2Cc3c(ccc(F)c3F)[C@H](N3[C@@H]4COCCN4C(=O)c4c(O)c(=O)ccn43)C3=C2C1=CCC=C3. The summed E-state index contributed by atoms with van der Waals surface area (Å²) >= 11 is 0. The van der Waals surface area contributed by atoms with Crippen molar-refractivity contribution in [3.8, 4) is 5.75 Å². The minimum atomic E-state index is -0.948. The summed E-state index contributed by atoms with van der Waals surface area (Å²) in [6, 6.07) is 3.16. The van der Waals surface area contributed by atoms with Crippen LogP contribution in [0.25, 0.3) is 0 Å². The second kappa shape index (κ2) is 8.78. The van der Waals surface area contributed by atoms with Gasteiger partial charge in [0.05, 0.1) is 13.2 Å². The second-order valence-corrected chi connectivity index (χ2v) is 10.2. The number of carbonyl (C=O) groups is 1. The number of hydrogen-bond acceptors (Lipinski definition) is 7. The number of halogens is 2. The molecule has 0 radical (unpaired) electrons. The van der Waals surface area contributed by atoms with Gasteiger partial charge < -0.3 is 24.4 Å². The largest absolute Gasteiger partial charge is 0.502 e. The van der Waals surface area contributed by atoms with Crippen molar-refractivity contribution in [1.29, 1.82) is 0 Å². The first-order chi connectivity index (χ1) is 18.9. The third kappa shape index (κ3) is 3.36. The van der Waals surface area contributed by atoms with Crippen LogP contribution in [0.1, 0.15) is 34.1 Å². The number of hydrogen-bond donors (Lipinski definition) is 1. The molecular weight excluding hydrogens is 510 g/mol. The fourth-order valence-corrected chi connectivity index (χ4v) is 6.54. The van der Waals surface area contributed by atoms with Crippen molar-refractivity contribution >= 4 is 5.91 Å². The van der Waals surface area contributed by atoms with Crippen LogP contribution in [0, 0.1) is 11.6 Å². The maximum absolute atomic E-state index is 15.6. The number of allylic oxidation sites excluding steroid dienone is 2. The molecule has 9 nitrogen and oxygen atoms in total. The van der Waals surface area contributed by atoms with E-state index in [1.807, 2.05) is 22.1 Å². The molecule has 202 valence electrons. The Morgan fingerprint density at radius 2 is 2.03 bits per heavy atom. The van der Waals surface area contributed by atoms with Crippen LogP contribution in [-0.4, -0.2) is 71.2 Å².